The van der Waals surface area contributed by atoms with Gasteiger partial charge in [0.2, 0.25) is 0 Å². The quantitative estimate of drug-likeness (QED) is 0.775. The molecule has 0 saturated carbocycles. The van der Waals surface area contributed by atoms with E-state index in [-0.39, 0.29) is 18.6 Å². The molecule has 1 N–H and O–H groups in total. The standard InChI is InChI=1S/C23H23NO/c25-17-22-23(19-11-5-2-6-12-19)21-14-8-7-13-20(21)16-24(22)15-18-9-3-1-4-10-18/h1-14,22-23,25H,15-17H2/t22-,23+/m0/s1. The Kier molecular flexibility index (Phi) is 4.64. The fourth-order valence-electron chi connectivity index (χ4n) is 4.01. The molecule has 4 rings (SSSR count). The molecule has 0 spiro atoms. The number of aliphatic hydroxyl groups is 1. The topological polar surface area (TPSA) is 23.5 Å². The van der Waals surface area contributed by atoms with Gasteiger partial charge in [-0.1, -0.05) is 84.9 Å². The van der Waals surface area contributed by atoms with Crippen LogP contribution in [0.4, 0.5) is 0 Å². The molecule has 25 heavy (non-hydrogen) atoms. The second-order valence-corrected chi connectivity index (χ2v) is 6.73. The summed E-state index contributed by atoms with van der Waals surface area (Å²) in [4.78, 5) is 2.41. The number of hydrogen-bond acceptors (Lipinski definition) is 2. The highest BCUT2D eigenvalue weighted by Crippen LogP contribution is 2.38. The third-order valence-electron chi connectivity index (χ3n) is 5.19. The van der Waals surface area contributed by atoms with Gasteiger partial charge in [0.05, 0.1) is 6.61 Å². The minimum Gasteiger partial charge on any atom is -0.395 e. The maximum Gasteiger partial charge on any atom is 0.0596 e. The molecular formula is C23H23NO. The van der Waals surface area contributed by atoms with Crippen molar-refractivity contribution in [2.24, 2.45) is 0 Å². The van der Waals surface area contributed by atoms with Gasteiger partial charge in [-0.25, -0.2) is 0 Å². The number of nitrogens with zero attached hydrogens (tertiary/aromatic N) is 1. The van der Waals surface area contributed by atoms with Crippen LogP contribution >= 0.6 is 0 Å². The number of benzene rings is 3. The maximum atomic E-state index is 10.3. The minimum atomic E-state index is 0.0810. The average molecular weight is 329 g/mol. The minimum absolute atomic E-state index is 0.0810. The van der Waals surface area contributed by atoms with Crippen LogP contribution in [0.25, 0.3) is 0 Å². The van der Waals surface area contributed by atoms with Crippen LogP contribution in [0.3, 0.4) is 0 Å². The zero-order chi connectivity index (χ0) is 17.1. The number of aliphatic hydroxyl groups excluding tert-OH is 1. The van der Waals surface area contributed by atoms with Gasteiger partial charge in [0.15, 0.2) is 0 Å². The molecular weight excluding hydrogens is 306 g/mol. The Morgan fingerprint density at radius 1 is 0.800 bits per heavy atom. The third-order valence-corrected chi connectivity index (χ3v) is 5.19. The molecule has 1 heterocycles. The van der Waals surface area contributed by atoms with Gasteiger partial charge in [-0.15, -0.1) is 0 Å². The normalized spacial score (nSPS) is 20.2. The van der Waals surface area contributed by atoms with E-state index in [0.717, 1.165) is 13.1 Å². The first-order valence-electron chi connectivity index (χ1n) is 8.88. The molecule has 0 aliphatic carbocycles. The van der Waals surface area contributed by atoms with Crippen molar-refractivity contribution in [1.29, 1.82) is 0 Å². The molecule has 2 heteroatoms. The largest absolute Gasteiger partial charge is 0.395 e. The van der Waals surface area contributed by atoms with Crippen LogP contribution in [-0.2, 0) is 13.1 Å². The van der Waals surface area contributed by atoms with Crippen LogP contribution in [-0.4, -0.2) is 22.7 Å². The van der Waals surface area contributed by atoms with Crippen molar-refractivity contribution >= 4 is 0 Å². The van der Waals surface area contributed by atoms with E-state index in [1.165, 1.54) is 22.3 Å². The Balaban J connectivity index is 1.75. The molecule has 1 aliphatic heterocycles. The van der Waals surface area contributed by atoms with Gasteiger partial charge in [-0.2, -0.15) is 0 Å². The molecule has 3 aromatic rings. The summed E-state index contributed by atoms with van der Waals surface area (Å²) in [6.07, 6.45) is 0. The number of fused-ring (bicyclic) bond motifs is 1. The molecule has 0 fully saturated rings. The van der Waals surface area contributed by atoms with Crippen molar-refractivity contribution in [2.45, 2.75) is 25.0 Å². The summed E-state index contributed by atoms with van der Waals surface area (Å²) in [7, 11) is 0. The molecule has 2 atom stereocenters. The van der Waals surface area contributed by atoms with Crippen molar-refractivity contribution < 1.29 is 5.11 Å². The summed E-state index contributed by atoms with van der Waals surface area (Å²) in [6.45, 7) is 1.88. The van der Waals surface area contributed by atoms with E-state index in [0.29, 0.717) is 0 Å². The van der Waals surface area contributed by atoms with E-state index in [1.54, 1.807) is 0 Å². The molecule has 0 radical (unpaired) electrons. The predicted octanol–water partition coefficient (Wildman–Crippen LogP) is 4.20. The fourth-order valence-corrected chi connectivity index (χ4v) is 4.01. The van der Waals surface area contributed by atoms with Crippen LogP contribution < -0.4 is 0 Å². The maximum absolute atomic E-state index is 10.3. The van der Waals surface area contributed by atoms with Crippen molar-refractivity contribution in [3.05, 3.63) is 107 Å². The van der Waals surface area contributed by atoms with Gasteiger partial charge in [-0.3, -0.25) is 4.90 Å². The lowest BCUT2D eigenvalue weighted by Crippen LogP contribution is -2.45. The smallest absolute Gasteiger partial charge is 0.0596 e. The van der Waals surface area contributed by atoms with Crippen molar-refractivity contribution in [2.75, 3.05) is 6.61 Å². The summed E-state index contributed by atoms with van der Waals surface area (Å²) >= 11 is 0. The first-order chi connectivity index (χ1) is 12.4. The second kappa shape index (κ2) is 7.22. The van der Waals surface area contributed by atoms with Gasteiger partial charge in [0.1, 0.15) is 0 Å². The fraction of sp³-hybridized carbons (Fsp3) is 0.217. The molecule has 126 valence electrons. The lowest BCUT2D eigenvalue weighted by atomic mass is 9.79. The SMILES string of the molecule is OC[C@H]1[C@H](c2ccccc2)c2ccccc2CN1Cc1ccccc1. The second-order valence-electron chi connectivity index (χ2n) is 6.73. The first kappa shape index (κ1) is 16.1. The molecule has 0 unspecified atom stereocenters. The zero-order valence-electron chi connectivity index (χ0n) is 14.3. The predicted molar refractivity (Wildman–Crippen MR) is 101 cm³/mol. The lowest BCUT2D eigenvalue weighted by Gasteiger charge is -2.42. The molecule has 1 aliphatic rings. The number of rotatable bonds is 4. The summed E-state index contributed by atoms with van der Waals surface area (Å²) in [5.41, 5.74) is 5.26. The van der Waals surface area contributed by atoms with E-state index in [4.69, 9.17) is 0 Å². The zero-order valence-corrected chi connectivity index (χ0v) is 14.3. The van der Waals surface area contributed by atoms with Gasteiger partial charge < -0.3 is 5.11 Å². The van der Waals surface area contributed by atoms with Crippen LogP contribution in [0, 0.1) is 0 Å². The van der Waals surface area contributed by atoms with Gasteiger partial charge in [0, 0.05) is 25.0 Å². The van der Waals surface area contributed by atoms with Crippen LogP contribution in [0.15, 0.2) is 84.9 Å². The molecule has 3 aromatic carbocycles. The Morgan fingerprint density at radius 3 is 2.16 bits per heavy atom. The molecule has 0 saturated heterocycles. The Morgan fingerprint density at radius 2 is 1.44 bits per heavy atom. The van der Waals surface area contributed by atoms with E-state index in [2.05, 4.69) is 77.7 Å². The van der Waals surface area contributed by atoms with Gasteiger partial charge >= 0.3 is 0 Å². The van der Waals surface area contributed by atoms with Crippen molar-refractivity contribution in [3.8, 4) is 0 Å². The van der Waals surface area contributed by atoms with Crippen LogP contribution in [0.2, 0.25) is 0 Å². The average Bonchev–Trinajstić information content (AvgIpc) is 2.68. The third kappa shape index (κ3) is 3.23. The highest BCUT2D eigenvalue weighted by atomic mass is 16.3. The van der Waals surface area contributed by atoms with E-state index in [1.807, 2.05) is 12.1 Å². The number of hydrogen-bond donors (Lipinski definition) is 1. The highest BCUT2D eigenvalue weighted by Gasteiger charge is 2.35. The van der Waals surface area contributed by atoms with E-state index < -0.39 is 0 Å². The summed E-state index contributed by atoms with van der Waals surface area (Å²) in [6, 6.07) is 29.8. The summed E-state index contributed by atoms with van der Waals surface area (Å²) in [5.74, 6) is 0.194. The lowest BCUT2D eigenvalue weighted by molar-refractivity contribution is 0.0873. The highest BCUT2D eigenvalue weighted by molar-refractivity contribution is 5.42. The summed E-state index contributed by atoms with van der Waals surface area (Å²) in [5, 5.41) is 10.3. The Labute approximate surface area is 149 Å². The molecule has 0 bridgehead atoms. The Bertz CT molecular complexity index is 816. The molecule has 0 amide bonds. The van der Waals surface area contributed by atoms with E-state index in [9.17, 15) is 5.11 Å². The summed E-state index contributed by atoms with van der Waals surface area (Å²) < 4.78 is 0. The van der Waals surface area contributed by atoms with Crippen LogP contribution in [0.5, 0.6) is 0 Å². The monoisotopic (exact) mass is 329 g/mol. The van der Waals surface area contributed by atoms with Gasteiger partial charge in [0.25, 0.3) is 0 Å². The van der Waals surface area contributed by atoms with Crippen LogP contribution in [0.1, 0.15) is 28.2 Å². The van der Waals surface area contributed by atoms with Crippen molar-refractivity contribution in [1.82, 2.24) is 4.90 Å². The van der Waals surface area contributed by atoms with E-state index >= 15 is 0 Å². The van der Waals surface area contributed by atoms with Gasteiger partial charge in [-0.05, 0) is 22.3 Å². The molecule has 2 nitrogen and oxygen atoms in total. The first-order valence-corrected chi connectivity index (χ1v) is 8.88. The Hall–Kier alpha value is -2.42. The van der Waals surface area contributed by atoms with Crippen molar-refractivity contribution in [3.63, 3.8) is 0 Å². The molecule has 0 aromatic heterocycles.